The topological polar surface area (TPSA) is 65.0 Å². The average molecular weight is 425 g/mol. The van der Waals surface area contributed by atoms with E-state index in [1.165, 1.54) is 0 Å². The maximum atomic E-state index is 13.0. The van der Waals surface area contributed by atoms with E-state index in [-0.39, 0.29) is 18.9 Å². The normalized spacial score (nSPS) is 14.3. The summed E-state index contributed by atoms with van der Waals surface area (Å²) >= 11 is 0. The molecule has 0 bridgehead atoms. The summed E-state index contributed by atoms with van der Waals surface area (Å²) in [5, 5.41) is 0. The van der Waals surface area contributed by atoms with Crippen LogP contribution in [0.1, 0.15) is 29.5 Å². The number of alkyl halides is 6. The van der Waals surface area contributed by atoms with Crippen molar-refractivity contribution in [3.05, 3.63) is 47.5 Å². The third kappa shape index (κ3) is 6.33. The van der Waals surface area contributed by atoms with Crippen molar-refractivity contribution in [3.63, 3.8) is 0 Å². The number of ether oxygens (including phenoxy) is 2. The van der Waals surface area contributed by atoms with Crippen LogP contribution in [0.15, 0.2) is 35.8 Å². The van der Waals surface area contributed by atoms with E-state index in [2.05, 4.69) is 21.0 Å². The molecular weight excluding hydrogens is 408 g/mol. The molecular formula is C18H17F6NO4. The van der Waals surface area contributed by atoms with Gasteiger partial charge in [0, 0.05) is 12.6 Å². The Morgan fingerprint density at radius 1 is 1.00 bits per heavy atom. The van der Waals surface area contributed by atoms with Crippen molar-refractivity contribution in [2.24, 2.45) is 4.99 Å². The first-order valence-electron chi connectivity index (χ1n) is 7.92. The molecule has 0 saturated heterocycles. The van der Waals surface area contributed by atoms with Crippen molar-refractivity contribution in [2.75, 3.05) is 14.2 Å². The van der Waals surface area contributed by atoms with Crippen LogP contribution in [0.5, 0.6) is 0 Å². The zero-order valence-electron chi connectivity index (χ0n) is 15.4. The quantitative estimate of drug-likeness (QED) is 0.284. The van der Waals surface area contributed by atoms with Crippen LogP contribution in [0.4, 0.5) is 26.3 Å². The lowest BCUT2D eigenvalue weighted by atomic mass is 9.94. The molecule has 0 heterocycles. The van der Waals surface area contributed by atoms with E-state index in [1.54, 1.807) is 0 Å². The van der Waals surface area contributed by atoms with Crippen LogP contribution < -0.4 is 0 Å². The van der Waals surface area contributed by atoms with Crippen LogP contribution in [-0.4, -0.2) is 37.9 Å². The van der Waals surface area contributed by atoms with Crippen molar-refractivity contribution in [1.29, 1.82) is 0 Å². The van der Waals surface area contributed by atoms with Gasteiger partial charge in [-0.05, 0) is 30.2 Å². The average Bonchev–Trinajstić information content (AvgIpc) is 2.66. The molecule has 0 N–H and O–H groups in total. The Morgan fingerprint density at radius 2 is 1.52 bits per heavy atom. The highest BCUT2D eigenvalue weighted by atomic mass is 19.4. The second-order valence-corrected chi connectivity index (χ2v) is 5.79. The first kappa shape index (κ1) is 24.2. The van der Waals surface area contributed by atoms with Crippen molar-refractivity contribution in [1.82, 2.24) is 0 Å². The van der Waals surface area contributed by atoms with Gasteiger partial charge in [-0.2, -0.15) is 26.3 Å². The fourth-order valence-corrected chi connectivity index (χ4v) is 2.27. The van der Waals surface area contributed by atoms with E-state index in [0.717, 1.165) is 20.3 Å². The molecule has 0 amide bonds. The van der Waals surface area contributed by atoms with E-state index < -0.39 is 46.5 Å². The fraction of sp³-hybridized carbons (Fsp3) is 0.389. The summed E-state index contributed by atoms with van der Waals surface area (Å²) in [5.74, 6) is -1.72. The first-order valence-corrected chi connectivity index (χ1v) is 7.92. The number of carbonyl (C=O) groups is 2. The maximum Gasteiger partial charge on any atom is 0.416 e. The number of halogens is 6. The largest absolute Gasteiger partial charge is 0.469 e. The van der Waals surface area contributed by atoms with E-state index in [4.69, 9.17) is 0 Å². The number of nitrogens with zero attached hydrogens (tertiary/aromatic N) is 1. The van der Waals surface area contributed by atoms with E-state index >= 15 is 0 Å². The summed E-state index contributed by atoms with van der Waals surface area (Å²) in [6.07, 6.45) is -9.07. The second kappa shape index (κ2) is 9.10. The summed E-state index contributed by atoms with van der Waals surface area (Å²) in [5.41, 5.74) is -5.54. The van der Waals surface area contributed by atoms with Crippen LogP contribution in [0.2, 0.25) is 0 Å². The van der Waals surface area contributed by atoms with Gasteiger partial charge in [-0.25, -0.2) is 4.79 Å². The number of rotatable bonds is 7. The minimum absolute atomic E-state index is 0.0321. The molecule has 0 aliphatic heterocycles. The highest BCUT2D eigenvalue weighted by Gasteiger charge is 2.38. The van der Waals surface area contributed by atoms with Gasteiger partial charge >= 0.3 is 24.3 Å². The third-order valence-electron chi connectivity index (χ3n) is 3.87. The fourth-order valence-electron chi connectivity index (χ4n) is 2.27. The van der Waals surface area contributed by atoms with Crippen LogP contribution >= 0.6 is 0 Å². The van der Waals surface area contributed by atoms with Gasteiger partial charge in [0.15, 0.2) is 5.54 Å². The van der Waals surface area contributed by atoms with Gasteiger partial charge in [0.2, 0.25) is 0 Å². The Labute approximate surface area is 162 Å². The standard InChI is InChI=1S/C18H17F6NO4/c1-4-16(15(27)29-3,6-5-14(26)28-2)25-10-11-7-12(17(19,20)21)9-13(8-11)18(22,23)24/h4,7-10H,1,5-6H2,2-3H3. The minimum atomic E-state index is -5.04. The molecule has 0 spiro atoms. The molecule has 1 rings (SSSR count). The molecule has 5 nitrogen and oxygen atoms in total. The van der Waals surface area contributed by atoms with Crippen molar-refractivity contribution in [2.45, 2.75) is 30.7 Å². The summed E-state index contributed by atoms with van der Waals surface area (Å²) in [6, 6.07) is 0.865. The van der Waals surface area contributed by atoms with Crippen molar-refractivity contribution >= 4 is 18.2 Å². The van der Waals surface area contributed by atoms with E-state index in [1.807, 2.05) is 0 Å². The molecule has 160 valence electrons. The van der Waals surface area contributed by atoms with Gasteiger partial charge in [-0.3, -0.25) is 9.79 Å². The SMILES string of the molecule is C=CC(CCC(=O)OC)(N=Cc1cc(C(F)(F)F)cc(C(F)(F)F)c1)C(=O)OC. The Morgan fingerprint density at radius 3 is 1.90 bits per heavy atom. The number of hydrogen-bond donors (Lipinski definition) is 0. The molecule has 1 aromatic carbocycles. The zero-order valence-corrected chi connectivity index (χ0v) is 15.4. The highest BCUT2D eigenvalue weighted by Crippen LogP contribution is 2.36. The van der Waals surface area contributed by atoms with Crippen LogP contribution in [0, 0.1) is 0 Å². The number of hydrogen-bond acceptors (Lipinski definition) is 5. The summed E-state index contributed by atoms with van der Waals surface area (Å²) in [6.45, 7) is 3.41. The lowest BCUT2D eigenvalue weighted by Gasteiger charge is -2.22. The minimum Gasteiger partial charge on any atom is -0.469 e. The zero-order chi connectivity index (χ0) is 22.5. The predicted octanol–water partition coefficient (Wildman–Crippen LogP) is 4.19. The second-order valence-electron chi connectivity index (χ2n) is 5.79. The van der Waals surface area contributed by atoms with Crippen molar-refractivity contribution in [3.8, 4) is 0 Å². The third-order valence-corrected chi connectivity index (χ3v) is 3.87. The molecule has 11 heteroatoms. The van der Waals surface area contributed by atoms with Crippen LogP contribution in [-0.2, 0) is 31.4 Å². The monoisotopic (exact) mass is 425 g/mol. The van der Waals surface area contributed by atoms with Gasteiger partial charge in [-0.1, -0.05) is 6.08 Å². The first-order chi connectivity index (χ1) is 13.3. The molecule has 0 radical (unpaired) electrons. The van der Waals surface area contributed by atoms with E-state index in [9.17, 15) is 35.9 Å². The summed E-state index contributed by atoms with van der Waals surface area (Å²) in [4.78, 5) is 27.3. The Balaban J connectivity index is 3.45. The van der Waals surface area contributed by atoms with Gasteiger partial charge in [0.1, 0.15) is 0 Å². The summed E-state index contributed by atoms with van der Waals surface area (Å²) < 4.78 is 86.8. The van der Waals surface area contributed by atoms with Gasteiger partial charge < -0.3 is 9.47 Å². The smallest absolute Gasteiger partial charge is 0.416 e. The lowest BCUT2D eigenvalue weighted by Crippen LogP contribution is -2.36. The molecule has 29 heavy (non-hydrogen) atoms. The Hall–Kier alpha value is -2.85. The highest BCUT2D eigenvalue weighted by molar-refractivity contribution is 5.89. The van der Waals surface area contributed by atoms with Crippen LogP contribution in [0.3, 0.4) is 0 Å². The lowest BCUT2D eigenvalue weighted by molar-refractivity contribution is -0.147. The van der Waals surface area contributed by atoms with Crippen LogP contribution in [0.25, 0.3) is 0 Å². The predicted molar refractivity (Wildman–Crippen MR) is 90.2 cm³/mol. The van der Waals surface area contributed by atoms with Gasteiger partial charge in [-0.15, -0.1) is 6.58 Å². The van der Waals surface area contributed by atoms with E-state index in [0.29, 0.717) is 18.3 Å². The number of esters is 2. The molecule has 0 aliphatic rings. The van der Waals surface area contributed by atoms with Crippen molar-refractivity contribution < 1.29 is 45.4 Å². The molecule has 1 aromatic rings. The molecule has 0 aromatic heterocycles. The Bertz CT molecular complexity index is 768. The number of carbonyl (C=O) groups excluding carboxylic acids is 2. The molecule has 1 unspecified atom stereocenters. The number of methoxy groups -OCH3 is 2. The molecule has 1 atom stereocenters. The van der Waals surface area contributed by atoms with Gasteiger partial charge in [0.05, 0.1) is 25.3 Å². The van der Waals surface area contributed by atoms with Gasteiger partial charge in [0.25, 0.3) is 0 Å². The number of benzene rings is 1. The molecule has 0 fully saturated rings. The maximum absolute atomic E-state index is 13.0. The molecule has 0 saturated carbocycles. The molecule has 0 aliphatic carbocycles. The number of aliphatic imine (C=N–C) groups is 1. The summed E-state index contributed by atoms with van der Waals surface area (Å²) in [7, 11) is 2.10. The Kier molecular flexibility index (Phi) is 7.59.